The number of carbonyl (C=O) groups is 4. The number of phosphoric ester groups is 2. The summed E-state index contributed by atoms with van der Waals surface area (Å²) < 4.78 is 68.3. The van der Waals surface area contributed by atoms with Crippen molar-refractivity contribution in [2.75, 3.05) is 39.6 Å². The average Bonchev–Trinajstić information content (AvgIpc) is 2.48. The van der Waals surface area contributed by atoms with E-state index >= 15 is 0 Å². The summed E-state index contributed by atoms with van der Waals surface area (Å²) in [6.45, 7) is 11.7. The molecule has 0 aromatic carbocycles. The molecule has 93 heavy (non-hydrogen) atoms. The van der Waals surface area contributed by atoms with Crippen LogP contribution in [0.25, 0.3) is 0 Å². The number of aliphatic hydroxyl groups excluding tert-OH is 1. The van der Waals surface area contributed by atoms with E-state index in [9.17, 15) is 43.2 Å². The fourth-order valence-electron chi connectivity index (χ4n) is 10.7. The zero-order valence-corrected chi connectivity index (χ0v) is 62.0. The number of hydrogen-bond donors (Lipinski definition) is 3. The van der Waals surface area contributed by atoms with Gasteiger partial charge in [-0.15, -0.1) is 0 Å². The number of esters is 4. The van der Waals surface area contributed by atoms with E-state index in [1.165, 1.54) is 135 Å². The normalized spacial score (nSPS) is 14.6. The second-order valence-electron chi connectivity index (χ2n) is 27.2. The summed E-state index contributed by atoms with van der Waals surface area (Å²) in [6, 6.07) is 0. The zero-order valence-electron chi connectivity index (χ0n) is 60.2. The van der Waals surface area contributed by atoms with Crippen molar-refractivity contribution < 1.29 is 80.2 Å². The molecule has 0 aliphatic heterocycles. The van der Waals surface area contributed by atoms with Crippen molar-refractivity contribution in [1.29, 1.82) is 0 Å². The summed E-state index contributed by atoms with van der Waals surface area (Å²) in [5.41, 5.74) is 0. The first-order chi connectivity index (χ1) is 44.8. The summed E-state index contributed by atoms with van der Waals surface area (Å²) in [5, 5.41) is 10.6. The van der Waals surface area contributed by atoms with Crippen LogP contribution in [0, 0.1) is 17.8 Å². The van der Waals surface area contributed by atoms with E-state index in [0.29, 0.717) is 37.5 Å². The van der Waals surface area contributed by atoms with Crippen molar-refractivity contribution >= 4 is 39.5 Å². The molecule has 0 aromatic heterocycles. The molecule has 0 saturated carbocycles. The zero-order chi connectivity index (χ0) is 68.7. The fourth-order valence-corrected chi connectivity index (χ4v) is 12.3. The Morgan fingerprint density at radius 1 is 0.355 bits per heavy atom. The Hall–Kier alpha value is -2.46. The number of aliphatic hydroxyl groups is 1. The van der Waals surface area contributed by atoms with Gasteiger partial charge in [0.05, 0.1) is 26.4 Å². The van der Waals surface area contributed by atoms with Crippen LogP contribution in [-0.2, 0) is 65.4 Å². The summed E-state index contributed by atoms with van der Waals surface area (Å²) in [5.74, 6) is 0.0864. The molecule has 0 fully saturated rings. The number of ether oxygens (including phenoxy) is 4. The maximum absolute atomic E-state index is 13.1. The summed E-state index contributed by atoms with van der Waals surface area (Å²) in [4.78, 5) is 72.6. The predicted molar refractivity (Wildman–Crippen MR) is 377 cm³/mol. The molecule has 19 heteroatoms. The van der Waals surface area contributed by atoms with Gasteiger partial charge in [0.2, 0.25) is 0 Å². The van der Waals surface area contributed by atoms with Crippen molar-refractivity contribution in [3.8, 4) is 0 Å². The van der Waals surface area contributed by atoms with E-state index in [4.69, 9.17) is 37.0 Å². The second kappa shape index (κ2) is 64.2. The number of carbonyl (C=O) groups excluding carboxylic acids is 4. The molecule has 0 aromatic rings. The molecule has 17 nitrogen and oxygen atoms in total. The predicted octanol–water partition coefficient (Wildman–Crippen LogP) is 21.0. The Balaban J connectivity index is 5.27. The van der Waals surface area contributed by atoms with Crippen molar-refractivity contribution in [3.63, 3.8) is 0 Å². The molecule has 0 aliphatic rings. The Labute approximate surface area is 567 Å². The van der Waals surface area contributed by atoms with Gasteiger partial charge in [-0.25, -0.2) is 9.13 Å². The van der Waals surface area contributed by atoms with Crippen LogP contribution in [0.4, 0.5) is 0 Å². The Morgan fingerprint density at radius 3 is 0.957 bits per heavy atom. The molecule has 548 valence electrons. The monoisotopic (exact) mass is 1360 g/mol. The first-order valence-electron chi connectivity index (χ1n) is 37.7. The smallest absolute Gasteiger partial charge is 0.462 e. The van der Waals surface area contributed by atoms with E-state index < -0.39 is 97.5 Å². The van der Waals surface area contributed by atoms with E-state index in [-0.39, 0.29) is 25.7 Å². The minimum atomic E-state index is -4.96. The maximum atomic E-state index is 13.1. The van der Waals surface area contributed by atoms with Crippen LogP contribution in [0.15, 0.2) is 24.3 Å². The first kappa shape index (κ1) is 90.5. The highest BCUT2D eigenvalue weighted by atomic mass is 31.2. The minimum Gasteiger partial charge on any atom is -0.462 e. The van der Waals surface area contributed by atoms with Crippen LogP contribution < -0.4 is 0 Å². The number of unbranched alkanes of at least 4 members (excludes halogenated alkanes) is 34. The lowest BCUT2D eigenvalue weighted by molar-refractivity contribution is -0.161. The molecule has 0 radical (unpaired) electrons. The van der Waals surface area contributed by atoms with Crippen molar-refractivity contribution in [3.05, 3.63) is 24.3 Å². The molecule has 0 aliphatic carbocycles. The minimum absolute atomic E-state index is 0.100. The molecule has 6 atom stereocenters. The first-order valence-corrected chi connectivity index (χ1v) is 40.7. The van der Waals surface area contributed by atoms with Gasteiger partial charge >= 0.3 is 39.5 Å². The molecule has 0 amide bonds. The lowest BCUT2D eigenvalue weighted by Crippen LogP contribution is -2.30. The highest BCUT2D eigenvalue weighted by Crippen LogP contribution is 2.45. The van der Waals surface area contributed by atoms with Gasteiger partial charge in [0.25, 0.3) is 0 Å². The van der Waals surface area contributed by atoms with Crippen LogP contribution in [0.2, 0.25) is 0 Å². The average molecular weight is 1360 g/mol. The van der Waals surface area contributed by atoms with Crippen LogP contribution in [0.5, 0.6) is 0 Å². The third-order valence-electron chi connectivity index (χ3n) is 16.9. The van der Waals surface area contributed by atoms with Crippen molar-refractivity contribution in [2.45, 2.75) is 369 Å². The molecular weight excluding hydrogens is 1220 g/mol. The third-order valence-corrected chi connectivity index (χ3v) is 18.8. The molecule has 0 spiro atoms. The van der Waals surface area contributed by atoms with E-state index in [2.05, 4.69) is 72.8 Å². The lowest BCUT2D eigenvalue weighted by Gasteiger charge is -2.21. The number of rotatable bonds is 70. The van der Waals surface area contributed by atoms with Gasteiger partial charge in [-0.05, 0) is 69.1 Å². The Kier molecular flexibility index (Phi) is 62.5. The Morgan fingerprint density at radius 2 is 0.634 bits per heavy atom. The van der Waals surface area contributed by atoms with E-state index in [1.807, 2.05) is 0 Å². The van der Waals surface area contributed by atoms with Crippen LogP contribution in [0.3, 0.4) is 0 Å². The molecule has 0 saturated heterocycles. The molecule has 0 rings (SSSR count). The highest BCUT2D eigenvalue weighted by Gasteiger charge is 2.30. The largest absolute Gasteiger partial charge is 0.472 e. The topological polar surface area (TPSA) is 237 Å². The van der Waals surface area contributed by atoms with Crippen LogP contribution in [-0.4, -0.2) is 96.7 Å². The fraction of sp³-hybridized carbons (Fsp3) is 0.892. The van der Waals surface area contributed by atoms with Gasteiger partial charge in [0.1, 0.15) is 19.3 Å². The number of allylic oxidation sites excluding steroid dienone is 4. The molecular formula is C74H140O17P2. The number of hydrogen-bond acceptors (Lipinski definition) is 15. The van der Waals surface area contributed by atoms with Crippen LogP contribution in [0.1, 0.15) is 350 Å². The lowest BCUT2D eigenvalue weighted by atomic mass is 9.99. The van der Waals surface area contributed by atoms with Gasteiger partial charge in [-0.2, -0.15) is 0 Å². The van der Waals surface area contributed by atoms with Gasteiger partial charge in [-0.3, -0.25) is 37.3 Å². The summed E-state index contributed by atoms with van der Waals surface area (Å²) >= 11 is 0. The highest BCUT2D eigenvalue weighted by molar-refractivity contribution is 7.47. The SMILES string of the molecule is CCCCCC/C=C\C=C/CCCCCCCC(=O)OC[C@H](COP(=O)(O)OCC(O)COP(=O)(O)OC[C@@H](COC(=O)CCCCCCCCCC(C)C)OC(=O)CCCCCCCCCC(C)C)OC(=O)CCCCCCCCCCCCCCCCC(C)CC. The van der Waals surface area contributed by atoms with Crippen LogP contribution >= 0.6 is 15.6 Å². The summed E-state index contributed by atoms with van der Waals surface area (Å²) in [7, 11) is -9.92. The maximum Gasteiger partial charge on any atom is 0.472 e. The third kappa shape index (κ3) is 66.6. The molecule has 0 bridgehead atoms. The van der Waals surface area contributed by atoms with Gasteiger partial charge < -0.3 is 33.8 Å². The van der Waals surface area contributed by atoms with E-state index in [0.717, 1.165) is 121 Å². The quantitative estimate of drug-likeness (QED) is 0.0169. The number of phosphoric acid groups is 2. The molecule has 3 N–H and O–H groups in total. The van der Waals surface area contributed by atoms with Crippen molar-refractivity contribution in [2.24, 2.45) is 17.8 Å². The van der Waals surface area contributed by atoms with Gasteiger partial charge in [0.15, 0.2) is 12.2 Å². The molecule has 4 unspecified atom stereocenters. The molecule has 0 heterocycles. The van der Waals surface area contributed by atoms with Crippen molar-refractivity contribution in [1.82, 2.24) is 0 Å². The standard InChI is InChI=1S/C74H140O17P2/c1-8-10-11-12-13-14-15-16-17-21-24-27-34-41-48-55-71(76)84-61-69(90-73(78)57-50-43-35-28-25-22-19-18-20-23-26-33-40-47-54-67(7)9-2)63-88-92(80,81)86-59-68(75)60-87-93(82,83)89-64-70(91-74(79)58-51-44-37-30-32-39-46-53-66(5)6)62-85-72(77)56-49-42-36-29-31-38-45-52-65(3)4/h14-17,65-70,75H,8-13,18-64H2,1-7H3,(H,80,81)(H,82,83)/b15-14-,17-16-/t67?,68?,69-,70-/m1/s1. The Bertz CT molecular complexity index is 1910. The van der Waals surface area contributed by atoms with Gasteiger partial charge in [-0.1, -0.05) is 297 Å². The summed E-state index contributed by atoms with van der Waals surface area (Å²) in [6.07, 6.45) is 52.3. The second-order valence-corrected chi connectivity index (χ2v) is 30.1. The van der Waals surface area contributed by atoms with Gasteiger partial charge in [0, 0.05) is 25.7 Å². The van der Waals surface area contributed by atoms with E-state index in [1.54, 1.807) is 0 Å².